The summed E-state index contributed by atoms with van der Waals surface area (Å²) in [4.78, 5) is 58.4. The normalized spacial score (nSPS) is 17.2. The summed E-state index contributed by atoms with van der Waals surface area (Å²) in [5.41, 5.74) is 2.97. The standard InChI is InChI=1S/C28H26N4O4/c1-18-6-4-14-29-24(18)30-25(33)21-7-5-15-31(17-21)26(34)20-12-10-19(11-13-20)16-32-27(35)22-8-2-3-9-23(22)28(32)36/h2-4,6,8-14,21H,5,7,15-17H2,1H3,(H,29,30,33). The van der Waals surface area contributed by atoms with Crippen LogP contribution in [0, 0.1) is 12.8 Å². The van der Waals surface area contributed by atoms with E-state index in [0.717, 1.165) is 17.5 Å². The first-order valence-electron chi connectivity index (χ1n) is 12.0. The minimum atomic E-state index is -0.311. The second-order valence-electron chi connectivity index (χ2n) is 9.19. The number of imide groups is 1. The molecule has 2 aliphatic heterocycles. The van der Waals surface area contributed by atoms with Crippen LogP contribution in [0.25, 0.3) is 0 Å². The molecule has 0 aliphatic carbocycles. The summed E-state index contributed by atoms with van der Waals surface area (Å²) in [6.45, 7) is 2.95. The van der Waals surface area contributed by atoms with Gasteiger partial charge in [-0.3, -0.25) is 24.1 Å². The van der Waals surface area contributed by atoms with Crippen molar-refractivity contribution < 1.29 is 19.2 Å². The molecule has 182 valence electrons. The van der Waals surface area contributed by atoms with Crippen molar-refractivity contribution in [1.82, 2.24) is 14.8 Å². The zero-order valence-electron chi connectivity index (χ0n) is 19.9. The Morgan fingerprint density at radius 3 is 2.33 bits per heavy atom. The fourth-order valence-corrected chi connectivity index (χ4v) is 4.71. The van der Waals surface area contributed by atoms with Gasteiger partial charge in [0.05, 0.1) is 23.6 Å². The minimum absolute atomic E-state index is 0.134. The fourth-order valence-electron chi connectivity index (χ4n) is 4.71. The van der Waals surface area contributed by atoms with Crippen LogP contribution in [0.3, 0.4) is 0 Å². The molecule has 0 spiro atoms. The van der Waals surface area contributed by atoms with E-state index < -0.39 is 0 Å². The molecular weight excluding hydrogens is 456 g/mol. The maximum Gasteiger partial charge on any atom is 0.261 e. The Morgan fingerprint density at radius 2 is 1.67 bits per heavy atom. The van der Waals surface area contributed by atoms with Crippen molar-refractivity contribution in [2.75, 3.05) is 18.4 Å². The number of rotatable bonds is 5. The quantitative estimate of drug-likeness (QED) is 0.560. The van der Waals surface area contributed by atoms with Crippen molar-refractivity contribution in [3.05, 3.63) is 94.7 Å². The summed E-state index contributed by atoms with van der Waals surface area (Å²) in [6, 6.07) is 17.4. The van der Waals surface area contributed by atoms with E-state index in [2.05, 4.69) is 10.3 Å². The molecule has 2 aliphatic rings. The van der Waals surface area contributed by atoms with E-state index >= 15 is 0 Å². The molecule has 1 fully saturated rings. The molecule has 1 aromatic heterocycles. The summed E-state index contributed by atoms with van der Waals surface area (Å²) in [7, 11) is 0. The Labute approximate surface area is 208 Å². The van der Waals surface area contributed by atoms with Gasteiger partial charge >= 0.3 is 0 Å². The Balaban J connectivity index is 1.22. The van der Waals surface area contributed by atoms with E-state index in [1.54, 1.807) is 59.6 Å². The maximum absolute atomic E-state index is 13.2. The fraction of sp³-hybridized carbons (Fsp3) is 0.250. The minimum Gasteiger partial charge on any atom is -0.338 e. The largest absolute Gasteiger partial charge is 0.338 e. The van der Waals surface area contributed by atoms with E-state index in [9.17, 15) is 19.2 Å². The molecule has 1 N–H and O–H groups in total. The van der Waals surface area contributed by atoms with Gasteiger partial charge in [0.15, 0.2) is 0 Å². The van der Waals surface area contributed by atoms with Crippen LogP contribution in [0.4, 0.5) is 5.82 Å². The van der Waals surface area contributed by atoms with Gasteiger partial charge in [0, 0.05) is 24.8 Å². The van der Waals surface area contributed by atoms with Crippen molar-refractivity contribution in [3.8, 4) is 0 Å². The number of amides is 4. The van der Waals surface area contributed by atoms with E-state index in [4.69, 9.17) is 0 Å². The summed E-state index contributed by atoms with van der Waals surface area (Å²) >= 11 is 0. The van der Waals surface area contributed by atoms with Gasteiger partial charge in [0.25, 0.3) is 17.7 Å². The van der Waals surface area contributed by atoms with Crippen molar-refractivity contribution in [1.29, 1.82) is 0 Å². The number of fused-ring (bicyclic) bond motifs is 1. The van der Waals surface area contributed by atoms with Crippen molar-refractivity contribution in [2.24, 2.45) is 5.92 Å². The van der Waals surface area contributed by atoms with Crippen LogP contribution in [-0.4, -0.2) is 51.5 Å². The lowest BCUT2D eigenvalue weighted by Gasteiger charge is -2.32. The van der Waals surface area contributed by atoms with Gasteiger partial charge in [-0.05, 0) is 61.2 Å². The third-order valence-electron chi connectivity index (χ3n) is 6.75. The molecule has 2 aromatic carbocycles. The highest BCUT2D eigenvalue weighted by molar-refractivity contribution is 6.21. The average molecular weight is 483 g/mol. The molecule has 3 aromatic rings. The molecule has 0 bridgehead atoms. The van der Waals surface area contributed by atoms with Crippen LogP contribution in [0.15, 0.2) is 66.9 Å². The molecule has 4 amide bonds. The summed E-state index contributed by atoms with van der Waals surface area (Å²) in [5, 5.41) is 2.89. The number of pyridine rings is 1. The van der Waals surface area contributed by atoms with Crippen LogP contribution in [0.5, 0.6) is 0 Å². The third-order valence-corrected chi connectivity index (χ3v) is 6.75. The molecule has 3 heterocycles. The lowest BCUT2D eigenvalue weighted by Crippen LogP contribution is -2.43. The predicted molar refractivity (Wildman–Crippen MR) is 133 cm³/mol. The van der Waals surface area contributed by atoms with E-state index in [0.29, 0.717) is 42.0 Å². The monoisotopic (exact) mass is 482 g/mol. The highest BCUT2D eigenvalue weighted by Gasteiger charge is 2.35. The highest BCUT2D eigenvalue weighted by Crippen LogP contribution is 2.25. The topological polar surface area (TPSA) is 99.7 Å². The Kier molecular flexibility index (Phi) is 6.33. The number of likely N-dealkylation sites (tertiary alicyclic amines) is 1. The Hall–Kier alpha value is -4.33. The number of anilines is 1. The maximum atomic E-state index is 13.2. The highest BCUT2D eigenvalue weighted by atomic mass is 16.2. The van der Waals surface area contributed by atoms with Crippen molar-refractivity contribution in [2.45, 2.75) is 26.3 Å². The number of carbonyl (C=O) groups is 4. The number of hydrogen-bond acceptors (Lipinski definition) is 5. The summed E-state index contributed by atoms with van der Waals surface area (Å²) < 4.78 is 0. The molecular formula is C28H26N4O4. The van der Waals surface area contributed by atoms with Crippen molar-refractivity contribution in [3.63, 3.8) is 0 Å². The molecule has 0 radical (unpaired) electrons. The van der Waals surface area contributed by atoms with Crippen LogP contribution >= 0.6 is 0 Å². The van der Waals surface area contributed by atoms with E-state index in [-0.39, 0.29) is 36.1 Å². The summed E-state index contributed by atoms with van der Waals surface area (Å²) in [6.07, 6.45) is 3.08. The number of carbonyl (C=O) groups excluding carboxylic acids is 4. The van der Waals surface area contributed by atoms with Crippen LogP contribution in [0.1, 0.15) is 55.0 Å². The molecule has 0 saturated carbocycles. The first-order valence-corrected chi connectivity index (χ1v) is 12.0. The van der Waals surface area contributed by atoms with Gasteiger partial charge in [-0.2, -0.15) is 0 Å². The number of aryl methyl sites for hydroxylation is 1. The molecule has 8 nitrogen and oxygen atoms in total. The molecule has 1 unspecified atom stereocenters. The first-order chi connectivity index (χ1) is 17.4. The van der Waals surface area contributed by atoms with E-state index in [1.807, 2.05) is 19.1 Å². The number of aromatic nitrogens is 1. The smallest absolute Gasteiger partial charge is 0.261 e. The number of nitrogens with zero attached hydrogens (tertiary/aromatic N) is 3. The zero-order chi connectivity index (χ0) is 25.2. The Morgan fingerprint density at radius 1 is 0.972 bits per heavy atom. The van der Waals surface area contributed by atoms with Gasteiger partial charge in [-0.15, -0.1) is 0 Å². The van der Waals surface area contributed by atoms with Gasteiger partial charge in [-0.25, -0.2) is 4.98 Å². The van der Waals surface area contributed by atoms with Crippen LogP contribution in [0.2, 0.25) is 0 Å². The average Bonchev–Trinajstić information content (AvgIpc) is 3.15. The first kappa shape index (κ1) is 23.4. The van der Waals surface area contributed by atoms with Crippen LogP contribution in [-0.2, 0) is 11.3 Å². The zero-order valence-corrected chi connectivity index (χ0v) is 19.9. The van der Waals surface area contributed by atoms with Gasteiger partial charge in [0.1, 0.15) is 5.82 Å². The summed E-state index contributed by atoms with van der Waals surface area (Å²) in [5.74, 6) is -0.667. The molecule has 36 heavy (non-hydrogen) atoms. The molecule has 8 heteroatoms. The molecule has 5 rings (SSSR count). The second kappa shape index (κ2) is 9.73. The second-order valence-corrected chi connectivity index (χ2v) is 9.19. The van der Waals surface area contributed by atoms with Gasteiger partial charge < -0.3 is 10.2 Å². The van der Waals surface area contributed by atoms with Crippen molar-refractivity contribution >= 4 is 29.4 Å². The van der Waals surface area contributed by atoms with E-state index in [1.165, 1.54) is 4.90 Å². The van der Waals surface area contributed by atoms with Gasteiger partial charge in [-0.1, -0.05) is 30.3 Å². The SMILES string of the molecule is Cc1cccnc1NC(=O)C1CCCN(C(=O)c2ccc(CN3C(=O)c4ccccc4C3=O)cc2)C1. The van der Waals surface area contributed by atoms with Crippen LogP contribution < -0.4 is 5.32 Å². The number of nitrogens with one attached hydrogen (secondary N) is 1. The number of hydrogen-bond donors (Lipinski definition) is 1. The predicted octanol–water partition coefficient (Wildman–Crippen LogP) is 3.68. The molecule has 1 atom stereocenters. The molecule has 1 saturated heterocycles. The number of piperidine rings is 1. The van der Waals surface area contributed by atoms with Gasteiger partial charge in [0.2, 0.25) is 5.91 Å². The Bertz CT molecular complexity index is 1320. The lowest BCUT2D eigenvalue weighted by molar-refractivity contribution is -0.121. The lowest BCUT2D eigenvalue weighted by atomic mass is 9.96. The third kappa shape index (κ3) is 4.49. The number of benzene rings is 2.